The average molecular weight is 447 g/mol. The molecule has 5 rings (SSSR count). The summed E-state index contributed by atoms with van der Waals surface area (Å²) in [5, 5.41) is 3.61. The van der Waals surface area contributed by atoms with Gasteiger partial charge in [0.2, 0.25) is 5.91 Å². The Kier molecular flexibility index (Phi) is 5.81. The molecule has 3 heterocycles. The highest BCUT2D eigenvalue weighted by Gasteiger charge is 2.24. The molecular formula is C26H30N4O3. The molecule has 0 saturated carbocycles. The maximum Gasteiger partial charge on any atom is 0.286 e. The van der Waals surface area contributed by atoms with Gasteiger partial charge in [-0.15, -0.1) is 0 Å². The smallest absolute Gasteiger partial charge is 0.286 e. The fourth-order valence-electron chi connectivity index (χ4n) is 5.04. The van der Waals surface area contributed by atoms with Gasteiger partial charge in [0.25, 0.3) is 5.91 Å². The topological polar surface area (TPSA) is 69.0 Å². The standard InChI is InChI=1S/C26H30N4O3/c1-27-26(32)24-17-20-22(7-4-8-23(20)33-24)30-15-13-29(14-16-30)12-11-18-5-3-6-21-19(18)9-10-25(31)28(21)2/h3-8,17H,9-16H2,1-2H3,(H,27,32). The van der Waals surface area contributed by atoms with Gasteiger partial charge in [-0.05, 0) is 48.2 Å². The summed E-state index contributed by atoms with van der Waals surface area (Å²) >= 11 is 0. The molecule has 0 bridgehead atoms. The van der Waals surface area contributed by atoms with E-state index < -0.39 is 0 Å². The molecule has 0 atom stereocenters. The molecule has 0 aliphatic carbocycles. The number of nitrogens with zero attached hydrogens (tertiary/aromatic N) is 3. The van der Waals surface area contributed by atoms with Crippen LogP contribution in [0.15, 0.2) is 46.9 Å². The number of furan rings is 1. The highest BCUT2D eigenvalue weighted by molar-refractivity contribution is 6.00. The SMILES string of the molecule is CNC(=O)c1cc2c(N3CCN(CCc4cccc5c4CCC(=O)N5C)CC3)cccc2o1. The van der Waals surface area contributed by atoms with Crippen LogP contribution >= 0.6 is 0 Å². The zero-order valence-electron chi connectivity index (χ0n) is 19.3. The van der Waals surface area contributed by atoms with Gasteiger partial charge in [0, 0.05) is 70.0 Å². The minimum atomic E-state index is -0.208. The molecule has 0 unspecified atom stereocenters. The molecule has 2 aromatic carbocycles. The van der Waals surface area contributed by atoms with Crippen molar-refractivity contribution in [3.05, 3.63) is 59.4 Å². The molecule has 33 heavy (non-hydrogen) atoms. The Morgan fingerprint density at radius 1 is 1.03 bits per heavy atom. The number of anilines is 2. The van der Waals surface area contributed by atoms with Crippen molar-refractivity contribution >= 4 is 34.2 Å². The quantitative estimate of drug-likeness (QED) is 0.652. The van der Waals surface area contributed by atoms with Gasteiger partial charge in [-0.2, -0.15) is 0 Å². The van der Waals surface area contributed by atoms with Crippen LogP contribution in [0.3, 0.4) is 0 Å². The number of carbonyl (C=O) groups is 2. The number of hydrogen-bond acceptors (Lipinski definition) is 5. The number of benzene rings is 2. The van der Waals surface area contributed by atoms with E-state index in [0.29, 0.717) is 12.2 Å². The van der Waals surface area contributed by atoms with Crippen molar-refractivity contribution in [2.75, 3.05) is 56.6 Å². The van der Waals surface area contributed by atoms with Crippen LogP contribution in [0.4, 0.5) is 11.4 Å². The van der Waals surface area contributed by atoms with Gasteiger partial charge in [0.1, 0.15) is 5.58 Å². The molecule has 3 aromatic rings. The summed E-state index contributed by atoms with van der Waals surface area (Å²) in [6.07, 6.45) is 2.44. The van der Waals surface area contributed by atoms with E-state index in [9.17, 15) is 9.59 Å². The molecule has 1 saturated heterocycles. The molecule has 1 fully saturated rings. The van der Waals surface area contributed by atoms with E-state index in [1.165, 1.54) is 11.1 Å². The zero-order chi connectivity index (χ0) is 22.9. The molecular weight excluding hydrogens is 416 g/mol. The van der Waals surface area contributed by atoms with Gasteiger partial charge < -0.3 is 19.5 Å². The predicted octanol–water partition coefficient (Wildman–Crippen LogP) is 3.07. The molecule has 0 spiro atoms. The Morgan fingerprint density at radius 2 is 1.79 bits per heavy atom. The average Bonchev–Trinajstić information content (AvgIpc) is 3.29. The summed E-state index contributed by atoms with van der Waals surface area (Å²) in [4.78, 5) is 30.7. The lowest BCUT2D eigenvalue weighted by Gasteiger charge is -2.36. The van der Waals surface area contributed by atoms with Crippen LogP contribution in [0.1, 0.15) is 28.1 Å². The normalized spacial score (nSPS) is 16.8. The molecule has 1 N–H and O–H groups in total. The summed E-state index contributed by atoms with van der Waals surface area (Å²) < 4.78 is 5.75. The lowest BCUT2D eigenvalue weighted by Crippen LogP contribution is -2.47. The Labute approximate surface area is 193 Å². The van der Waals surface area contributed by atoms with Crippen molar-refractivity contribution < 1.29 is 14.0 Å². The van der Waals surface area contributed by atoms with Crippen LogP contribution in [-0.2, 0) is 17.6 Å². The van der Waals surface area contributed by atoms with Gasteiger partial charge in [0.05, 0.1) is 0 Å². The molecule has 2 amide bonds. The summed E-state index contributed by atoms with van der Waals surface area (Å²) in [7, 11) is 3.49. The van der Waals surface area contributed by atoms with Gasteiger partial charge >= 0.3 is 0 Å². The molecule has 7 nitrogen and oxygen atoms in total. The van der Waals surface area contributed by atoms with Gasteiger partial charge in [-0.25, -0.2) is 0 Å². The molecule has 2 aliphatic rings. The van der Waals surface area contributed by atoms with E-state index in [1.54, 1.807) is 11.9 Å². The Balaban J connectivity index is 1.23. The maximum absolute atomic E-state index is 12.0. The fourth-order valence-corrected chi connectivity index (χ4v) is 5.04. The van der Waals surface area contributed by atoms with E-state index in [0.717, 1.165) is 67.9 Å². The van der Waals surface area contributed by atoms with Crippen molar-refractivity contribution in [3.63, 3.8) is 0 Å². The highest BCUT2D eigenvalue weighted by atomic mass is 16.3. The van der Waals surface area contributed by atoms with Gasteiger partial charge in [-0.1, -0.05) is 18.2 Å². The minimum Gasteiger partial charge on any atom is -0.451 e. The first kappa shape index (κ1) is 21.5. The Bertz CT molecular complexity index is 1190. The molecule has 2 aliphatic heterocycles. The Hall–Kier alpha value is -3.32. The summed E-state index contributed by atoms with van der Waals surface area (Å²) in [5.74, 6) is 0.337. The molecule has 7 heteroatoms. The third-order valence-electron chi connectivity index (χ3n) is 6.97. The third-order valence-corrected chi connectivity index (χ3v) is 6.97. The van der Waals surface area contributed by atoms with Crippen LogP contribution in [0.2, 0.25) is 0 Å². The third kappa shape index (κ3) is 4.09. The summed E-state index contributed by atoms with van der Waals surface area (Å²) in [6.45, 7) is 4.86. The van der Waals surface area contributed by atoms with Gasteiger partial charge in [0.15, 0.2) is 5.76 Å². The minimum absolute atomic E-state index is 0.200. The Morgan fingerprint density at radius 3 is 2.58 bits per heavy atom. The van der Waals surface area contributed by atoms with Crippen LogP contribution in [0.5, 0.6) is 0 Å². The van der Waals surface area contributed by atoms with E-state index in [1.807, 2.05) is 25.2 Å². The second-order valence-corrected chi connectivity index (χ2v) is 8.82. The number of amides is 2. The van der Waals surface area contributed by atoms with Crippen molar-refractivity contribution in [3.8, 4) is 0 Å². The van der Waals surface area contributed by atoms with Crippen molar-refractivity contribution in [1.29, 1.82) is 0 Å². The number of rotatable bonds is 5. The van der Waals surface area contributed by atoms with Crippen LogP contribution in [0.25, 0.3) is 11.0 Å². The second kappa shape index (κ2) is 8.90. The monoisotopic (exact) mass is 446 g/mol. The van der Waals surface area contributed by atoms with Crippen LogP contribution in [0, 0.1) is 0 Å². The van der Waals surface area contributed by atoms with Crippen molar-refractivity contribution in [1.82, 2.24) is 10.2 Å². The zero-order valence-corrected chi connectivity index (χ0v) is 19.3. The van der Waals surface area contributed by atoms with E-state index in [4.69, 9.17) is 4.42 Å². The largest absolute Gasteiger partial charge is 0.451 e. The lowest BCUT2D eigenvalue weighted by atomic mass is 9.94. The molecule has 0 radical (unpaired) electrons. The number of hydrogen-bond donors (Lipinski definition) is 1. The lowest BCUT2D eigenvalue weighted by molar-refractivity contribution is -0.118. The number of carbonyl (C=O) groups excluding carboxylic acids is 2. The van der Waals surface area contributed by atoms with E-state index in [2.05, 4.69) is 39.4 Å². The van der Waals surface area contributed by atoms with Gasteiger partial charge in [-0.3, -0.25) is 14.5 Å². The second-order valence-electron chi connectivity index (χ2n) is 8.82. The number of piperazine rings is 1. The van der Waals surface area contributed by atoms with Crippen molar-refractivity contribution in [2.24, 2.45) is 0 Å². The molecule has 1 aromatic heterocycles. The number of nitrogens with one attached hydrogen (secondary N) is 1. The number of fused-ring (bicyclic) bond motifs is 2. The van der Waals surface area contributed by atoms with E-state index in [-0.39, 0.29) is 11.8 Å². The predicted molar refractivity (Wildman–Crippen MR) is 130 cm³/mol. The molecule has 172 valence electrons. The highest BCUT2D eigenvalue weighted by Crippen LogP contribution is 2.31. The van der Waals surface area contributed by atoms with Crippen molar-refractivity contribution in [2.45, 2.75) is 19.3 Å². The first-order valence-corrected chi connectivity index (χ1v) is 11.6. The van der Waals surface area contributed by atoms with Crippen LogP contribution < -0.4 is 15.1 Å². The summed E-state index contributed by atoms with van der Waals surface area (Å²) in [5.41, 5.74) is 5.62. The summed E-state index contributed by atoms with van der Waals surface area (Å²) in [6, 6.07) is 14.2. The van der Waals surface area contributed by atoms with E-state index >= 15 is 0 Å². The van der Waals surface area contributed by atoms with Crippen LogP contribution in [-0.4, -0.2) is 63.5 Å². The first-order chi connectivity index (χ1) is 16.0. The fraction of sp³-hybridized carbons (Fsp3) is 0.385. The maximum atomic E-state index is 12.0. The first-order valence-electron chi connectivity index (χ1n) is 11.6.